The highest BCUT2D eigenvalue weighted by Crippen LogP contribution is 2.29. The zero-order valence-electron chi connectivity index (χ0n) is 18.7. The first-order valence-electron chi connectivity index (χ1n) is 10.6. The van der Waals surface area contributed by atoms with Gasteiger partial charge in [-0.25, -0.2) is 5.01 Å². The summed E-state index contributed by atoms with van der Waals surface area (Å²) in [4.78, 5) is 36.2. The van der Waals surface area contributed by atoms with E-state index in [-0.39, 0.29) is 35.8 Å². The molecule has 3 aromatic carbocycles. The number of non-ortho nitro benzene ring substituents is 1. The standard InChI is InChI=1S/C25H21N3O7/c1-33-22-9-5-6-10-23(22)35-14-13-34-21-12-11-19(28(31)32)15-17(21)16-20-24(29)26-27(25(20)30)18-7-3-2-4-8-18/h2-12,15-16H,13-14H2,1H3,(H,26,29)/b20-16+. The van der Waals surface area contributed by atoms with Gasteiger partial charge in [0.1, 0.15) is 24.5 Å². The third-order valence-corrected chi connectivity index (χ3v) is 5.08. The minimum Gasteiger partial charge on any atom is -0.493 e. The summed E-state index contributed by atoms with van der Waals surface area (Å²) in [6.45, 7) is 0.261. The Bertz CT molecular complexity index is 1290. The molecule has 1 heterocycles. The van der Waals surface area contributed by atoms with Crippen LogP contribution in [0.1, 0.15) is 5.56 Å². The lowest BCUT2D eigenvalue weighted by molar-refractivity contribution is -0.384. The van der Waals surface area contributed by atoms with Gasteiger partial charge in [-0.1, -0.05) is 30.3 Å². The molecule has 0 aliphatic carbocycles. The van der Waals surface area contributed by atoms with Gasteiger partial charge >= 0.3 is 0 Å². The van der Waals surface area contributed by atoms with Crippen molar-refractivity contribution in [3.63, 3.8) is 0 Å². The highest BCUT2D eigenvalue weighted by Gasteiger charge is 2.34. The quantitative estimate of drug-likeness (QED) is 0.165. The molecule has 3 aromatic rings. The van der Waals surface area contributed by atoms with Crippen molar-refractivity contribution in [1.29, 1.82) is 0 Å². The van der Waals surface area contributed by atoms with Crippen LogP contribution in [0.25, 0.3) is 6.08 Å². The van der Waals surface area contributed by atoms with Crippen LogP contribution < -0.4 is 24.6 Å². The number of anilines is 1. The van der Waals surface area contributed by atoms with E-state index >= 15 is 0 Å². The number of nitrogens with one attached hydrogen (secondary N) is 1. The first-order chi connectivity index (χ1) is 17.0. The van der Waals surface area contributed by atoms with E-state index in [1.54, 1.807) is 42.5 Å². The molecule has 1 fully saturated rings. The number of carbonyl (C=O) groups is 2. The lowest BCUT2D eigenvalue weighted by atomic mass is 10.1. The Morgan fingerprint density at radius 2 is 1.57 bits per heavy atom. The second-order valence-electron chi connectivity index (χ2n) is 7.30. The maximum Gasteiger partial charge on any atom is 0.282 e. The van der Waals surface area contributed by atoms with Crippen LogP contribution >= 0.6 is 0 Å². The predicted octanol–water partition coefficient (Wildman–Crippen LogP) is 3.52. The van der Waals surface area contributed by atoms with Gasteiger partial charge in [-0.2, -0.15) is 0 Å². The summed E-state index contributed by atoms with van der Waals surface area (Å²) in [5.74, 6) is 0.153. The number of methoxy groups -OCH3 is 1. The van der Waals surface area contributed by atoms with Gasteiger partial charge in [-0.3, -0.25) is 25.1 Å². The molecule has 4 rings (SSSR count). The molecule has 0 saturated carbocycles. The van der Waals surface area contributed by atoms with Crippen molar-refractivity contribution in [2.75, 3.05) is 25.3 Å². The molecule has 0 bridgehead atoms. The zero-order valence-corrected chi connectivity index (χ0v) is 18.7. The van der Waals surface area contributed by atoms with Crippen LogP contribution in [0.15, 0.2) is 78.4 Å². The molecule has 1 aliphatic heterocycles. The molecular weight excluding hydrogens is 454 g/mol. The topological polar surface area (TPSA) is 120 Å². The molecule has 1 N–H and O–H groups in total. The van der Waals surface area contributed by atoms with Gasteiger partial charge in [0.2, 0.25) is 0 Å². The van der Waals surface area contributed by atoms with Gasteiger partial charge in [0.15, 0.2) is 11.5 Å². The van der Waals surface area contributed by atoms with Crippen molar-refractivity contribution < 1.29 is 28.7 Å². The summed E-state index contributed by atoms with van der Waals surface area (Å²) >= 11 is 0. The molecule has 10 nitrogen and oxygen atoms in total. The summed E-state index contributed by atoms with van der Waals surface area (Å²) < 4.78 is 16.7. The van der Waals surface area contributed by atoms with Crippen LogP contribution in [0.5, 0.6) is 17.2 Å². The van der Waals surface area contributed by atoms with Crippen molar-refractivity contribution in [2.45, 2.75) is 0 Å². The molecule has 1 saturated heterocycles. The van der Waals surface area contributed by atoms with Crippen LogP contribution in [0.2, 0.25) is 0 Å². The summed E-state index contributed by atoms with van der Waals surface area (Å²) in [6.07, 6.45) is 1.28. The number of nitrogens with zero attached hydrogens (tertiary/aromatic N) is 2. The largest absolute Gasteiger partial charge is 0.493 e. The Morgan fingerprint density at radius 3 is 2.26 bits per heavy atom. The molecular formula is C25H21N3O7. The Morgan fingerprint density at radius 1 is 0.914 bits per heavy atom. The number of hydrogen-bond donors (Lipinski definition) is 1. The Labute approximate surface area is 200 Å². The number of ether oxygens (including phenoxy) is 3. The molecule has 10 heteroatoms. The van der Waals surface area contributed by atoms with E-state index in [1.807, 2.05) is 12.1 Å². The minimum absolute atomic E-state index is 0.0995. The molecule has 0 aromatic heterocycles. The third-order valence-electron chi connectivity index (χ3n) is 5.08. The number of carbonyl (C=O) groups excluding carboxylic acids is 2. The average molecular weight is 475 g/mol. The first-order valence-corrected chi connectivity index (χ1v) is 10.6. The Balaban J connectivity index is 1.54. The summed E-state index contributed by atoms with van der Waals surface area (Å²) in [7, 11) is 1.54. The lowest BCUT2D eigenvalue weighted by Gasteiger charge is -2.14. The van der Waals surface area contributed by atoms with Gasteiger partial charge in [-0.05, 0) is 36.4 Å². The number of nitro benzene ring substituents is 1. The van der Waals surface area contributed by atoms with Crippen molar-refractivity contribution in [2.24, 2.45) is 0 Å². The predicted molar refractivity (Wildman–Crippen MR) is 127 cm³/mol. The highest BCUT2D eigenvalue weighted by atomic mass is 16.6. The van der Waals surface area contributed by atoms with Crippen LogP contribution in [-0.4, -0.2) is 37.1 Å². The van der Waals surface area contributed by atoms with E-state index in [2.05, 4.69) is 5.43 Å². The maximum atomic E-state index is 12.9. The van der Waals surface area contributed by atoms with Crippen LogP contribution in [0.4, 0.5) is 11.4 Å². The van der Waals surface area contributed by atoms with Gasteiger partial charge in [0, 0.05) is 17.7 Å². The summed E-state index contributed by atoms with van der Waals surface area (Å²) in [6, 6.07) is 19.7. The maximum absolute atomic E-state index is 12.9. The fraction of sp³-hybridized carbons (Fsp3) is 0.120. The number of hydrogen-bond acceptors (Lipinski definition) is 7. The smallest absolute Gasteiger partial charge is 0.282 e. The van der Waals surface area contributed by atoms with Gasteiger partial charge < -0.3 is 14.2 Å². The van der Waals surface area contributed by atoms with Crippen molar-refractivity contribution >= 4 is 29.3 Å². The fourth-order valence-electron chi connectivity index (χ4n) is 3.41. The summed E-state index contributed by atoms with van der Waals surface area (Å²) in [5, 5.41) is 12.4. The van der Waals surface area contributed by atoms with E-state index in [1.165, 1.54) is 31.4 Å². The van der Waals surface area contributed by atoms with E-state index < -0.39 is 16.7 Å². The molecule has 178 valence electrons. The van der Waals surface area contributed by atoms with Crippen molar-refractivity contribution in [1.82, 2.24) is 5.43 Å². The molecule has 0 unspecified atom stereocenters. The number of rotatable bonds is 9. The molecule has 1 aliphatic rings. The molecule has 0 spiro atoms. The van der Waals surface area contributed by atoms with Crippen molar-refractivity contribution in [3.05, 3.63) is 94.0 Å². The van der Waals surface area contributed by atoms with Gasteiger partial charge in [0.05, 0.1) is 17.7 Å². The number of hydrazine groups is 1. The SMILES string of the molecule is COc1ccccc1OCCOc1ccc([N+](=O)[O-])cc1/C=C1\C(=O)NN(c2ccccc2)C1=O. The van der Waals surface area contributed by atoms with Gasteiger partial charge in [0.25, 0.3) is 17.5 Å². The van der Waals surface area contributed by atoms with Crippen LogP contribution in [0.3, 0.4) is 0 Å². The van der Waals surface area contributed by atoms with E-state index in [9.17, 15) is 19.7 Å². The Hall–Kier alpha value is -4.86. The molecule has 35 heavy (non-hydrogen) atoms. The molecule has 0 atom stereocenters. The van der Waals surface area contributed by atoms with E-state index in [4.69, 9.17) is 14.2 Å². The molecule has 0 radical (unpaired) electrons. The number of benzene rings is 3. The lowest BCUT2D eigenvalue weighted by Crippen LogP contribution is -2.35. The number of para-hydroxylation sites is 3. The second-order valence-corrected chi connectivity index (χ2v) is 7.30. The Kier molecular flexibility index (Phi) is 6.91. The molecule has 2 amide bonds. The normalized spacial score (nSPS) is 14.1. The zero-order chi connectivity index (χ0) is 24.8. The average Bonchev–Trinajstić information content (AvgIpc) is 3.16. The van der Waals surface area contributed by atoms with E-state index in [0.29, 0.717) is 17.2 Å². The van der Waals surface area contributed by atoms with Crippen molar-refractivity contribution in [3.8, 4) is 17.2 Å². The van der Waals surface area contributed by atoms with Crippen LogP contribution in [0, 0.1) is 10.1 Å². The summed E-state index contributed by atoms with van der Waals surface area (Å²) in [5.41, 5.74) is 2.81. The second kappa shape index (κ2) is 10.4. The highest BCUT2D eigenvalue weighted by molar-refractivity contribution is 6.31. The number of amides is 2. The monoisotopic (exact) mass is 475 g/mol. The number of nitro groups is 1. The minimum atomic E-state index is -0.629. The first kappa shape index (κ1) is 23.3. The van der Waals surface area contributed by atoms with Crippen LogP contribution in [-0.2, 0) is 9.59 Å². The fourth-order valence-corrected chi connectivity index (χ4v) is 3.41. The van der Waals surface area contributed by atoms with Gasteiger partial charge in [-0.15, -0.1) is 0 Å². The third kappa shape index (κ3) is 5.22. The van der Waals surface area contributed by atoms with E-state index in [0.717, 1.165) is 5.01 Å².